The van der Waals surface area contributed by atoms with Gasteiger partial charge in [0.2, 0.25) is 5.91 Å². The molecule has 0 unspecified atom stereocenters. The number of amides is 1. The highest BCUT2D eigenvalue weighted by atomic mass is 16.5. The first-order chi connectivity index (χ1) is 11.7. The summed E-state index contributed by atoms with van der Waals surface area (Å²) in [6.45, 7) is 3.78. The standard InChI is InChI=1S/C19H28N2O3/c1-23-17-5-2-4-15(12-17)14-21-9-7-16(8-10-21)20-19(22)13-18-6-3-11-24-18/h2,4-5,12,16,18H,3,6-11,13-14H2,1H3,(H,20,22)/t18-/m1/s1. The monoisotopic (exact) mass is 332 g/mol. The van der Waals surface area contributed by atoms with Gasteiger partial charge in [-0.05, 0) is 43.4 Å². The van der Waals surface area contributed by atoms with Gasteiger partial charge in [-0.2, -0.15) is 0 Å². The highest BCUT2D eigenvalue weighted by Gasteiger charge is 2.23. The fourth-order valence-corrected chi connectivity index (χ4v) is 3.56. The zero-order valence-electron chi connectivity index (χ0n) is 14.5. The van der Waals surface area contributed by atoms with E-state index in [1.165, 1.54) is 5.56 Å². The van der Waals surface area contributed by atoms with Gasteiger partial charge >= 0.3 is 0 Å². The molecule has 0 aliphatic carbocycles. The van der Waals surface area contributed by atoms with Crippen LogP contribution in [0.25, 0.3) is 0 Å². The molecule has 5 nitrogen and oxygen atoms in total. The predicted octanol–water partition coefficient (Wildman–Crippen LogP) is 2.34. The van der Waals surface area contributed by atoms with E-state index in [9.17, 15) is 4.79 Å². The second-order valence-corrected chi connectivity index (χ2v) is 6.81. The molecule has 1 N–H and O–H groups in total. The lowest BCUT2D eigenvalue weighted by atomic mass is 10.0. The number of hydrogen-bond acceptors (Lipinski definition) is 4. The van der Waals surface area contributed by atoms with Crippen molar-refractivity contribution in [3.8, 4) is 5.75 Å². The Balaban J connectivity index is 1.39. The van der Waals surface area contributed by atoms with Crippen molar-refractivity contribution in [2.75, 3.05) is 26.8 Å². The van der Waals surface area contributed by atoms with Gasteiger partial charge in [-0.15, -0.1) is 0 Å². The van der Waals surface area contributed by atoms with Crippen molar-refractivity contribution in [2.45, 2.75) is 50.8 Å². The first kappa shape index (κ1) is 17.2. The molecule has 5 heteroatoms. The number of nitrogens with zero attached hydrogens (tertiary/aromatic N) is 1. The molecule has 2 aliphatic heterocycles. The molecule has 0 aromatic heterocycles. The lowest BCUT2D eigenvalue weighted by molar-refractivity contribution is -0.124. The zero-order valence-corrected chi connectivity index (χ0v) is 14.5. The van der Waals surface area contributed by atoms with Gasteiger partial charge in [0, 0.05) is 32.3 Å². The summed E-state index contributed by atoms with van der Waals surface area (Å²) in [4.78, 5) is 14.5. The molecule has 2 fully saturated rings. The number of carbonyl (C=O) groups excluding carboxylic acids is 1. The van der Waals surface area contributed by atoms with E-state index in [4.69, 9.17) is 9.47 Å². The predicted molar refractivity (Wildman–Crippen MR) is 93.0 cm³/mol. The average Bonchev–Trinajstić information content (AvgIpc) is 3.09. The number of rotatable bonds is 6. The third-order valence-corrected chi connectivity index (χ3v) is 4.93. The van der Waals surface area contributed by atoms with Crippen LogP contribution >= 0.6 is 0 Å². The summed E-state index contributed by atoms with van der Waals surface area (Å²) < 4.78 is 10.8. The fraction of sp³-hybridized carbons (Fsp3) is 0.632. The van der Waals surface area contributed by atoms with Gasteiger partial charge in [-0.25, -0.2) is 0 Å². The molecular formula is C19H28N2O3. The van der Waals surface area contributed by atoms with Crippen LogP contribution in [0.15, 0.2) is 24.3 Å². The molecule has 2 aliphatic rings. The highest BCUT2D eigenvalue weighted by molar-refractivity contribution is 5.76. The summed E-state index contributed by atoms with van der Waals surface area (Å²) in [5.41, 5.74) is 1.27. The molecule has 0 bridgehead atoms. The smallest absolute Gasteiger partial charge is 0.222 e. The number of benzene rings is 1. The Morgan fingerprint density at radius 1 is 1.33 bits per heavy atom. The van der Waals surface area contributed by atoms with E-state index in [2.05, 4.69) is 22.3 Å². The molecule has 0 spiro atoms. The average molecular weight is 332 g/mol. The second kappa shape index (κ2) is 8.49. The third-order valence-electron chi connectivity index (χ3n) is 4.93. The molecule has 2 heterocycles. The summed E-state index contributed by atoms with van der Waals surface area (Å²) in [6, 6.07) is 8.54. The lowest BCUT2D eigenvalue weighted by Crippen LogP contribution is -2.44. The number of piperidine rings is 1. The maximum atomic E-state index is 12.1. The van der Waals surface area contributed by atoms with Gasteiger partial charge in [0.1, 0.15) is 5.75 Å². The lowest BCUT2D eigenvalue weighted by Gasteiger charge is -2.32. The van der Waals surface area contributed by atoms with Crippen LogP contribution in [0.1, 0.15) is 37.7 Å². The van der Waals surface area contributed by atoms with Crippen molar-refractivity contribution in [3.05, 3.63) is 29.8 Å². The van der Waals surface area contributed by atoms with Gasteiger partial charge in [0.25, 0.3) is 0 Å². The van der Waals surface area contributed by atoms with Crippen LogP contribution in [-0.2, 0) is 16.1 Å². The Morgan fingerprint density at radius 2 is 2.17 bits per heavy atom. The van der Waals surface area contributed by atoms with Gasteiger partial charge in [0.05, 0.1) is 19.6 Å². The molecule has 3 rings (SSSR count). The Morgan fingerprint density at radius 3 is 2.88 bits per heavy atom. The molecule has 1 aromatic rings. The molecule has 2 saturated heterocycles. The van der Waals surface area contributed by atoms with E-state index in [1.807, 2.05) is 12.1 Å². The Bertz CT molecular complexity index is 535. The van der Waals surface area contributed by atoms with E-state index < -0.39 is 0 Å². The number of likely N-dealkylation sites (tertiary alicyclic amines) is 1. The summed E-state index contributed by atoms with van der Waals surface area (Å²) in [7, 11) is 1.70. The van der Waals surface area contributed by atoms with Crippen molar-refractivity contribution in [2.24, 2.45) is 0 Å². The van der Waals surface area contributed by atoms with Crippen LogP contribution in [0, 0.1) is 0 Å². The van der Waals surface area contributed by atoms with E-state index >= 15 is 0 Å². The van der Waals surface area contributed by atoms with Crippen LogP contribution in [0.4, 0.5) is 0 Å². The molecule has 132 valence electrons. The number of carbonyl (C=O) groups is 1. The number of ether oxygens (including phenoxy) is 2. The number of nitrogens with one attached hydrogen (secondary N) is 1. The summed E-state index contributed by atoms with van der Waals surface area (Å²) in [6.07, 6.45) is 4.79. The molecule has 0 saturated carbocycles. The highest BCUT2D eigenvalue weighted by Crippen LogP contribution is 2.19. The van der Waals surface area contributed by atoms with Gasteiger partial charge in [-0.3, -0.25) is 9.69 Å². The van der Waals surface area contributed by atoms with E-state index in [1.54, 1.807) is 7.11 Å². The Hall–Kier alpha value is -1.59. The SMILES string of the molecule is COc1cccc(CN2CCC(NC(=O)C[C@H]3CCCO3)CC2)c1. The van der Waals surface area contributed by atoms with Crippen molar-refractivity contribution in [1.82, 2.24) is 10.2 Å². The molecule has 1 atom stereocenters. The minimum absolute atomic E-state index is 0.137. The molecule has 1 amide bonds. The van der Waals surface area contributed by atoms with Crippen molar-refractivity contribution in [3.63, 3.8) is 0 Å². The fourth-order valence-electron chi connectivity index (χ4n) is 3.56. The van der Waals surface area contributed by atoms with Crippen LogP contribution < -0.4 is 10.1 Å². The minimum Gasteiger partial charge on any atom is -0.497 e. The van der Waals surface area contributed by atoms with Crippen LogP contribution in [0.3, 0.4) is 0 Å². The molecule has 1 aromatic carbocycles. The molecular weight excluding hydrogens is 304 g/mol. The maximum Gasteiger partial charge on any atom is 0.222 e. The van der Waals surface area contributed by atoms with Gasteiger partial charge < -0.3 is 14.8 Å². The summed E-state index contributed by atoms with van der Waals surface area (Å²) >= 11 is 0. The van der Waals surface area contributed by atoms with Crippen LogP contribution in [0.2, 0.25) is 0 Å². The van der Waals surface area contributed by atoms with Crippen LogP contribution in [-0.4, -0.2) is 49.8 Å². The van der Waals surface area contributed by atoms with Gasteiger partial charge in [0.15, 0.2) is 0 Å². The molecule has 24 heavy (non-hydrogen) atoms. The first-order valence-electron chi connectivity index (χ1n) is 8.99. The van der Waals surface area contributed by atoms with E-state index in [0.717, 1.165) is 57.7 Å². The normalized spacial score (nSPS) is 22.5. The largest absolute Gasteiger partial charge is 0.497 e. The summed E-state index contributed by atoms with van der Waals surface area (Å²) in [5, 5.41) is 3.18. The second-order valence-electron chi connectivity index (χ2n) is 6.81. The maximum absolute atomic E-state index is 12.1. The topological polar surface area (TPSA) is 50.8 Å². The van der Waals surface area contributed by atoms with Crippen LogP contribution in [0.5, 0.6) is 5.75 Å². The minimum atomic E-state index is 0.137. The quantitative estimate of drug-likeness (QED) is 0.869. The van der Waals surface area contributed by atoms with E-state index in [-0.39, 0.29) is 12.0 Å². The summed E-state index contributed by atoms with van der Waals surface area (Å²) in [5.74, 6) is 1.05. The Labute approximate surface area is 144 Å². The van der Waals surface area contributed by atoms with Crippen molar-refractivity contribution >= 4 is 5.91 Å². The third kappa shape index (κ3) is 4.95. The van der Waals surface area contributed by atoms with Gasteiger partial charge in [-0.1, -0.05) is 12.1 Å². The Kier molecular flexibility index (Phi) is 6.10. The molecule has 0 radical (unpaired) electrons. The zero-order chi connectivity index (χ0) is 16.8. The van der Waals surface area contributed by atoms with Crippen molar-refractivity contribution < 1.29 is 14.3 Å². The van der Waals surface area contributed by atoms with E-state index in [0.29, 0.717) is 12.5 Å². The van der Waals surface area contributed by atoms with Crippen molar-refractivity contribution in [1.29, 1.82) is 0 Å². The first-order valence-corrected chi connectivity index (χ1v) is 8.99. The number of hydrogen-bond donors (Lipinski definition) is 1. The number of methoxy groups -OCH3 is 1.